The first-order valence-electron chi connectivity index (χ1n) is 16.1. The molecular formula is C35H40N4O6. The van der Waals surface area contributed by atoms with Crippen molar-refractivity contribution in [3.63, 3.8) is 0 Å². The topological polar surface area (TPSA) is 116 Å². The summed E-state index contributed by atoms with van der Waals surface area (Å²) in [7, 11) is 0. The van der Waals surface area contributed by atoms with Crippen LogP contribution >= 0.6 is 0 Å². The Bertz CT molecular complexity index is 1500. The van der Waals surface area contributed by atoms with Crippen molar-refractivity contribution in [2.24, 2.45) is 35.5 Å². The van der Waals surface area contributed by atoms with E-state index in [4.69, 9.17) is 4.74 Å². The maximum Gasteiger partial charge on any atom is 0.410 e. The molecule has 4 fully saturated rings. The van der Waals surface area contributed by atoms with E-state index in [0.717, 1.165) is 19.5 Å². The van der Waals surface area contributed by atoms with Gasteiger partial charge >= 0.3 is 6.09 Å². The van der Waals surface area contributed by atoms with Gasteiger partial charge in [-0.15, -0.1) is 0 Å². The summed E-state index contributed by atoms with van der Waals surface area (Å²) in [6.07, 6.45) is 1.80. The van der Waals surface area contributed by atoms with Crippen molar-refractivity contribution in [2.75, 3.05) is 39.3 Å². The number of hydrogen-bond acceptors (Lipinski definition) is 7. The fraction of sp³-hybridized carbons (Fsp3) is 0.514. The molecule has 10 heteroatoms. The zero-order valence-electron chi connectivity index (χ0n) is 26.0. The third-order valence-electron chi connectivity index (χ3n) is 10.4. The molecule has 8 rings (SSSR count). The number of imide groups is 2. The molecule has 10 nitrogen and oxygen atoms in total. The maximum absolute atomic E-state index is 12.5. The summed E-state index contributed by atoms with van der Waals surface area (Å²) in [5, 5.41) is 3.38. The van der Waals surface area contributed by atoms with Crippen LogP contribution in [0.15, 0.2) is 48.5 Å². The fourth-order valence-electron chi connectivity index (χ4n) is 7.93. The molecule has 6 atom stereocenters. The smallest absolute Gasteiger partial charge is 0.410 e. The molecule has 2 aromatic carbocycles. The quantitative estimate of drug-likeness (QED) is 0.521. The highest BCUT2D eigenvalue weighted by Crippen LogP contribution is 2.53. The van der Waals surface area contributed by atoms with Gasteiger partial charge in [0.1, 0.15) is 5.60 Å². The molecule has 6 unspecified atom stereocenters. The number of rotatable bonds is 4. The molecule has 0 aromatic heterocycles. The predicted molar refractivity (Wildman–Crippen MR) is 164 cm³/mol. The predicted octanol–water partition coefficient (Wildman–Crippen LogP) is 3.92. The summed E-state index contributed by atoms with van der Waals surface area (Å²) in [6.45, 7) is 10.1. The summed E-state index contributed by atoms with van der Waals surface area (Å²) in [4.78, 5) is 66.4. The highest BCUT2D eigenvalue weighted by Gasteiger charge is 2.56. The number of nitrogens with zero attached hydrogens (tertiary/aromatic N) is 3. The van der Waals surface area contributed by atoms with Gasteiger partial charge in [-0.25, -0.2) is 4.79 Å². The number of likely N-dealkylation sites (tertiary alicyclic amines) is 1. The minimum Gasteiger partial charge on any atom is -0.444 e. The Morgan fingerprint density at radius 1 is 0.733 bits per heavy atom. The van der Waals surface area contributed by atoms with Gasteiger partial charge in [0.2, 0.25) is 0 Å². The van der Waals surface area contributed by atoms with Gasteiger partial charge in [0, 0.05) is 26.2 Å². The lowest BCUT2D eigenvalue weighted by Gasteiger charge is -2.29. The van der Waals surface area contributed by atoms with E-state index in [9.17, 15) is 24.0 Å². The van der Waals surface area contributed by atoms with Crippen LogP contribution in [-0.4, -0.2) is 89.3 Å². The van der Waals surface area contributed by atoms with Crippen molar-refractivity contribution >= 4 is 29.7 Å². The summed E-state index contributed by atoms with van der Waals surface area (Å²) in [5.41, 5.74) is 1.62. The van der Waals surface area contributed by atoms with Crippen LogP contribution in [0, 0.1) is 35.5 Å². The first-order chi connectivity index (χ1) is 21.5. The molecule has 2 saturated heterocycles. The Morgan fingerprint density at radius 3 is 1.64 bits per heavy atom. The highest BCUT2D eigenvalue weighted by atomic mass is 16.6. The van der Waals surface area contributed by atoms with Gasteiger partial charge in [-0.05, 0) is 106 Å². The van der Waals surface area contributed by atoms with Gasteiger partial charge in [-0.2, -0.15) is 0 Å². The van der Waals surface area contributed by atoms with Gasteiger partial charge in [0.25, 0.3) is 23.6 Å². The molecule has 2 aromatic rings. The Labute approximate surface area is 263 Å². The van der Waals surface area contributed by atoms with Crippen molar-refractivity contribution < 1.29 is 28.7 Å². The zero-order valence-corrected chi connectivity index (χ0v) is 26.0. The Balaban J connectivity index is 0.000000151. The number of carbonyl (C=O) groups excluding carboxylic acids is 5. The van der Waals surface area contributed by atoms with Crippen LogP contribution in [0.25, 0.3) is 0 Å². The second-order valence-corrected chi connectivity index (χ2v) is 14.2. The molecule has 0 spiro atoms. The van der Waals surface area contributed by atoms with Crippen LogP contribution in [0.5, 0.6) is 0 Å². The number of benzene rings is 2. The lowest BCUT2D eigenvalue weighted by Crippen LogP contribution is -2.40. The van der Waals surface area contributed by atoms with Crippen molar-refractivity contribution in [3.05, 3.63) is 70.8 Å². The van der Waals surface area contributed by atoms with Crippen molar-refractivity contribution in [1.29, 1.82) is 0 Å². The molecular weight excluding hydrogens is 572 g/mol. The largest absolute Gasteiger partial charge is 0.444 e. The number of fused-ring (bicyclic) bond motifs is 4. The SMILES string of the molecule is CC(C)(C)OC(=O)N1CCC2C(C1)C2CN1C(=O)c2ccccc2C1=O.O=C1c2ccccc2C(=O)N1CC1C2CCNCC21. The Kier molecular flexibility index (Phi) is 7.30. The third kappa shape index (κ3) is 5.43. The lowest BCUT2D eigenvalue weighted by atomic mass is 10.1. The van der Waals surface area contributed by atoms with E-state index < -0.39 is 5.60 Å². The monoisotopic (exact) mass is 612 g/mol. The van der Waals surface area contributed by atoms with Crippen LogP contribution in [0.4, 0.5) is 4.79 Å². The highest BCUT2D eigenvalue weighted by molar-refractivity contribution is 6.22. The van der Waals surface area contributed by atoms with E-state index >= 15 is 0 Å². The summed E-state index contributed by atoms with van der Waals surface area (Å²) in [5.74, 6) is 2.38. The molecule has 4 heterocycles. The summed E-state index contributed by atoms with van der Waals surface area (Å²) >= 11 is 0. The normalized spacial score (nSPS) is 29.4. The van der Waals surface area contributed by atoms with E-state index in [0.29, 0.717) is 78.0 Å². The molecule has 4 aliphatic heterocycles. The maximum atomic E-state index is 12.5. The van der Waals surface area contributed by atoms with Crippen molar-refractivity contribution in [1.82, 2.24) is 20.0 Å². The average molecular weight is 613 g/mol. The van der Waals surface area contributed by atoms with E-state index in [1.165, 1.54) is 16.2 Å². The molecule has 236 valence electrons. The fourth-order valence-corrected chi connectivity index (χ4v) is 7.93. The number of amides is 5. The van der Waals surface area contributed by atoms with Gasteiger partial charge < -0.3 is 15.0 Å². The second kappa shape index (κ2) is 11.1. The van der Waals surface area contributed by atoms with Crippen LogP contribution in [0.1, 0.15) is 75.0 Å². The van der Waals surface area contributed by atoms with Gasteiger partial charge in [0.05, 0.1) is 22.3 Å². The first kappa shape index (κ1) is 29.6. The van der Waals surface area contributed by atoms with Crippen LogP contribution in [0.2, 0.25) is 0 Å². The molecule has 0 radical (unpaired) electrons. The number of hydrogen-bond donors (Lipinski definition) is 1. The molecule has 5 amide bonds. The average Bonchev–Trinajstić information content (AvgIpc) is 3.89. The molecule has 0 bridgehead atoms. The van der Waals surface area contributed by atoms with E-state index in [1.54, 1.807) is 41.3 Å². The molecule has 1 N–H and O–H groups in total. The molecule has 6 aliphatic rings. The van der Waals surface area contributed by atoms with Gasteiger partial charge in [0.15, 0.2) is 0 Å². The number of ether oxygens (including phenoxy) is 1. The van der Waals surface area contributed by atoms with Crippen LogP contribution < -0.4 is 5.32 Å². The van der Waals surface area contributed by atoms with Gasteiger partial charge in [-0.3, -0.25) is 29.0 Å². The van der Waals surface area contributed by atoms with Crippen molar-refractivity contribution in [2.45, 2.75) is 39.2 Å². The van der Waals surface area contributed by atoms with Crippen LogP contribution in [-0.2, 0) is 4.74 Å². The van der Waals surface area contributed by atoms with E-state index in [-0.39, 0.29) is 35.6 Å². The lowest BCUT2D eigenvalue weighted by molar-refractivity contribution is 0.0205. The summed E-state index contributed by atoms with van der Waals surface area (Å²) in [6, 6.07) is 14.1. The molecule has 2 saturated carbocycles. The van der Waals surface area contributed by atoms with Crippen LogP contribution in [0.3, 0.4) is 0 Å². The molecule has 2 aliphatic carbocycles. The van der Waals surface area contributed by atoms with E-state index in [2.05, 4.69) is 5.32 Å². The number of piperidine rings is 2. The number of nitrogens with one attached hydrogen (secondary N) is 1. The third-order valence-corrected chi connectivity index (χ3v) is 10.4. The summed E-state index contributed by atoms with van der Waals surface area (Å²) < 4.78 is 5.46. The second-order valence-electron chi connectivity index (χ2n) is 14.2. The molecule has 45 heavy (non-hydrogen) atoms. The Hall–Kier alpha value is -4.05. The van der Waals surface area contributed by atoms with E-state index in [1.807, 2.05) is 32.9 Å². The first-order valence-corrected chi connectivity index (χ1v) is 16.1. The van der Waals surface area contributed by atoms with Gasteiger partial charge in [-0.1, -0.05) is 24.3 Å². The van der Waals surface area contributed by atoms with Crippen molar-refractivity contribution in [3.8, 4) is 0 Å². The zero-order chi connectivity index (χ0) is 31.6. The number of carbonyl (C=O) groups is 5. The standard InChI is InChI=1S/C20H24N2O4.C15H16N2O2/c1-20(2,3)26-19(25)21-9-8-12-15(10-21)16(12)11-22-17(23)13-6-4-5-7-14(13)18(22)24;18-14-10-3-1-2-4-11(10)15(19)17(14)8-13-9-5-6-16-7-12(9)13/h4-7,12,15-16H,8-11H2,1-3H3;1-4,9,12-13,16H,5-8H2. The minimum atomic E-state index is -0.503. The Morgan fingerprint density at radius 2 is 1.20 bits per heavy atom. The minimum absolute atomic E-state index is 0.114.